The predicted octanol–water partition coefficient (Wildman–Crippen LogP) is -1.07. The van der Waals surface area contributed by atoms with Crippen LogP contribution in [-0.2, 0) is 4.79 Å². The van der Waals surface area contributed by atoms with Crippen molar-refractivity contribution in [2.24, 2.45) is 0 Å². The van der Waals surface area contributed by atoms with Gasteiger partial charge in [0, 0.05) is 6.07 Å². The Balaban J connectivity index is 2.91. The molecule has 1 amide bonds. The topological polar surface area (TPSA) is 103 Å². The molecule has 7 nitrogen and oxygen atoms in total. The van der Waals surface area contributed by atoms with Gasteiger partial charge in [0.15, 0.2) is 0 Å². The Kier molecular flexibility index (Phi) is 4.00. The molecular formula is C10H9N3O4. The van der Waals surface area contributed by atoms with Gasteiger partial charge in [-0.05, 0) is 6.07 Å². The van der Waals surface area contributed by atoms with Crippen molar-refractivity contribution in [3.63, 3.8) is 0 Å². The van der Waals surface area contributed by atoms with E-state index in [1.165, 1.54) is 6.07 Å². The number of terminal acetylenes is 1. The first-order valence-electron chi connectivity index (χ1n) is 4.55. The number of nitrogens with zero attached hydrogens (tertiary/aromatic N) is 2. The zero-order valence-corrected chi connectivity index (χ0v) is 8.71. The third-order valence-corrected chi connectivity index (χ3v) is 1.79. The quantitative estimate of drug-likeness (QED) is 0.647. The lowest BCUT2D eigenvalue weighted by Gasteiger charge is -2.16. The highest BCUT2D eigenvalue weighted by Crippen LogP contribution is 1.98. The van der Waals surface area contributed by atoms with Gasteiger partial charge in [0.25, 0.3) is 11.5 Å². The Morgan fingerprint density at radius 2 is 2.24 bits per heavy atom. The average molecular weight is 235 g/mol. The first-order chi connectivity index (χ1) is 8.04. The minimum Gasteiger partial charge on any atom is -0.480 e. The van der Waals surface area contributed by atoms with Gasteiger partial charge in [-0.2, -0.15) is 5.10 Å². The molecule has 0 radical (unpaired) electrons. The lowest BCUT2D eigenvalue weighted by molar-refractivity contribution is -0.137. The van der Waals surface area contributed by atoms with E-state index in [4.69, 9.17) is 11.5 Å². The summed E-state index contributed by atoms with van der Waals surface area (Å²) in [6.45, 7) is -0.671. The van der Waals surface area contributed by atoms with Crippen LogP contribution in [0.5, 0.6) is 0 Å². The SMILES string of the molecule is C#CCN(CC(=O)O)C(=O)c1ccc(=O)[nH]n1. The molecule has 1 aromatic heterocycles. The molecule has 0 bridgehead atoms. The minimum atomic E-state index is -1.18. The van der Waals surface area contributed by atoms with Crippen LogP contribution in [0.4, 0.5) is 0 Å². The van der Waals surface area contributed by atoms with Gasteiger partial charge in [-0.15, -0.1) is 6.42 Å². The number of amides is 1. The molecule has 88 valence electrons. The summed E-state index contributed by atoms with van der Waals surface area (Å²) in [5.74, 6) is 0.344. The van der Waals surface area contributed by atoms with Crippen LogP contribution in [-0.4, -0.2) is 45.2 Å². The number of carbonyl (C=O) groups is 2. The van der Waals surface area contributed by atoms with E-state index in [0.717, 1.165) is 11.0 Å². The number of carboxylic acid groups (broad SMARTS) is 1. The second-order valence-electron chi connectivity index (χ2n) is 3.07. The second kappa shape index (κ2) is 5.46. The summed E-state index contributed by atoms with van der Waals surface area (Å²) < 4.78 is 0. The van der Waals surface area contributed by atoms with Crippen molar-refractivity contribution < 1.29 is 14.7 Å². The Morgan fingerprint density at radius 3 is 2.71 bits per heavy atom. The molecule has 17 heavy (non-hydrogen) atoms. The van der Waals surface area contributed by atoms with Crippen molar-refractivity contribution in [3.8, 4) is 12.3 Å². The van der Waals surface area contributed by atoms with Gasteiger partial charge in [-0.25, -0.2) is 5.10 Å². The molecule has 0 aliphatic rings. The van der Waals surface area contributed by atoms with Crippen molar-refractivity contribution in [2.45, 2.75) is 0 Å². The van der Waals surface area contributed by atoms with Crippen LogP contribution in [0.3, 0.4) is 0 Å². The van der Waals surface area contributed by atoms with Gasteiger partial charge in [-0.3, -0.25) is 14.4 Å². The summed E-state index contributed by atoms with van der Waals surface area (Å²) in [6.07, 6.45) is 5.03. The number of H-pyrrole nitrogens is 1. The molecule has 1 heterocycles. The minimum absolute atomic E-state index is 0.0684. The maximum atomic E-state index is 11.8. The van der Waals surface area contributed by atoms with Gasteiger partial charge in [0.1, 0.15) is 12.2 Å². The van der Waals surface area contributed by atoms with E-state index in [-0.39, 0.29) is 12.2 Å². The molecule has 0 fully saturated rings. The maximum absolute atomic E-state index is 11.8. The third-order valence-electron chi connectivity index (χ3n) is 1.79. The van der Waals surface area contributed by atoms with Gasteiger partial charge in [-0.1, -0.05) is 5.92 Å². The standard InChI is InChI=1S/C10H9N3O4/c1-2-5-13(6-9(15)16)10(17)7-3-4-8(14)12-11-7/h1,3-4H,5-6H2,(H,12,14)(H,15,16). The number of aliphatic carboxylic acids is 1. The fourth-order valence-corrected chi connectivity index (χ4v) is 1.10. The zero-order valence-electron chi connectivity index (χ0n) is 8.71. The van der Waals surface area contributed by atoms with Gasteiger partial charge in [0.2, 0.25) is 0 Å². The van der Waals surface area contributed by atoms with Crippen LogP contribution in [0.15, 0.2) is 16.9 Å². The zero-order chi connectivity index (χ0) is 12.8. The van der Waals surface area contributed by atoms with Gasteiger partial charge < -0.3 is 10.0 Å². The largest absolute Gasteiger partial charge is 0.480 e. The summed E-state index contributed by atoms with van der Waals surface area (Å²) >= 11 is 0. The number of hydrogen-bond acceptors (Lipinski definition) is 4. The Bertz CT molecular complexity index is 509. The van der Waals surface area contributed by atoms with E-state index < -0.39 is 24.0 Å². The molecular weight excluding hydrogens is 226 g/mol. The van der Waals surface area contributed by atoms with Crippen molar-refractivity contribution in [1.82, 2.24) is 15.1 Å². The van der Waals surface area contributed by atoms with E-state index in [2.05, 4.69) is 16.1 Å². The van der Waals surface area contributed by atoms with Crippen LogP contribution in [0.25, 0.3) is 0 Å². The summed E-state index contributed by atoms with van der Waals surface area (Å²) in [5.41, 5.74) is -0.524. The van der Waals surface area contributed by atoms with Crippen molar-refractivity contribution in [1.29, 1.82) is 0 Å². The van der Waals surface area contributed by atoms with Crippen LogP contribution in [0.2, 0.25) is 0 Å². The number of aromatic nitrogens is 2. The van der Waals surface area contributed by atoms with Crippen LogP contribution >= 0.6 is 0 Å². The number of rotatable bonds is 4. The monoisotopic (exact) mass is 235 g/mol. The molecule has 0 aliphatic carbocycles. The highest BCUT2D eigenvalue weighted by Gasteiger charge is 2.18. The van der Waals surface area contributed by atoms with Crippen LogP contribution in [0.1, 0.15) is 10.5 Å². The Labute approximate surface area is 96.1 Å². The first-order valence-corrected chi connectivity index (χ1v) is 4.55. The molecule has 0 aliphatic heterocycles. The fourth-order valence-electron chi connectivity index (χ4n) is 1.10. The van der Waals surface area contributed by atoms with E-state index in [9.17, 15) is 14.4 Å². The molecule has 1 aromatic rings. The van der Waals surface area contributed by atoms with Gasteiger partial charge >= 0.3 is 5.97 Å². The molecule has 0 atom stereocenters. The van der Waals surface area contributed by atoms with Crippen molar-refractivity contribution in [3.05, 3.63) is 28.2 Å². The second-order valence-corrected chi connectivity index (χ2v) is 3.07. The average Bonchev–Trinajstić information content (AvgIpc) is 2.28. The smallest absolute Gasteiger partial charge is 0.323 e. The molecule has 0 spiro atoms. The molecule has 7 heteroatoms. The predicted molar refractivity (Wildman–Crippen MR) is 57.2 cm³/mol. The molecule has 0 aromatic carbocycles. The number of carboxylic acids is 1. The lowest BCUT2D eigenvalue weighted by atomic mass is 10.3. The molecule has 0 unspecified atom stereocenters. The van der Waals surface area contributed by atoms with Crippen molar-refractivity contribution in [2.75, 3.05) is 13.1 Å². The Morgan fingerprint density at radius 1 is 1.53 bits per heavy atom. The van der Waals surface area contributed by atoms with Crippen LogP contribution < -0.4 is 5.56 Å². The number of hydrogen-bond donors (Lipinski definition) is 2. The highest BCUT2D eigenvalue weighted by molar-refractivity contribution is 5.94. The highest BCUT2D eigenvalue weighted by atomic mass is 16.4. The summed E-state index contributed by atoms with van der Waals surface area (Å²) in [5, 5.41) is 14.2. The summed E-state index contributed by atoms with van der Waals surface area (Å²) in [6, 6.07) is 2.32. The molecule has 0 saturated carbocycles. The number of carbonyl (C=O) groups excluding carboxylic acids is 1. The number of aromatic amines is 1. The number of nitrogens with one attached hydrogen (secondary N) is 1. The first kappa shape index (κ1) is 12.4. The normalized spacial score (nSPS) is 9.35. The fraction of sp³-hybridized carbons (Fsp3) is 0.200. The molecule has 1 rings (SSSR count). The molecule has 2 N–H and O–H groups in total. The van der Waals surface area contributed by atoms with E-state index in [1.807, 2.05) is 0 Å². The van der Waals surface area contributed by atoms with Crippen LogP contribution in [0, 0.1) is 12.3 Å². The third kappa shape index (κ3) is 3.46. The Hall–Kier alpha value is -2.62. The lowest BCUT2D eigenvalue weighted by Crippen LogP contribution is -2.36. The van der Waals surface area contributed by atoms with E-state index >= 15 is 0 Å². The van der Waals surface area contributed by atoms with E-state index in [1.54, 1.807) is 0 Å². The van der Waals surface area contributed by atoms with E-state index in [0.29, 0.717) is 0 Å². The van der Waals surface area contributed by atoms with Gasteiger partial charge in [0.05, 0.1) is 6.54 Å². The summed E-state index contributed by atoms with van der Waals surface area (Å²) in [4.78, 5) is 34.0. The van der Waals surface area contributed by atoms with Crippen molar-refractivity contribution >= 4 is 11.9 Å². The maximum Gasteiger partial charge on any atom is 0.323 e. The molecule has 0 saturated heterocycles. The summed E-state index contributed by atoms with van der Waals surface area (Å²) in [7, 11) is 0.